The highest BCUT2D eigenvalue weighted by Gasteiger charge is 2.35. The van der Waals surface area contributed by atoms with Crippen LogP contribution >= 0.6 is 11.3 Å². The first-order valence-electron chi connectivity index (χ1n) is 15.1. The molecule has 10 heteroatoms. The van der Waals surface area contributed by atoms with Crippen LogP contribution in [0.25, 0.3) is 11.8 Å². The fraction of sp³-hybridized carbons (Fsp3) is 0.162. The number of aromatic nitrogens is 1. The molecule has 1 aromatic heterocycles. The van der Waals surface area contributed by atoms with Crippen LogP contribution in [-0.4, -0.2) is 31.0 Å². The minimum Gasteiger partial charge on any atom is -0.497 e. The summed E-state index contributed by atoms with van der Waals surface area (Å²) in [6.07, 6.45) is 1.83. The molecule has 0 radical (unpaired) electrons. The molecule has 4 aromatic carbocycles. The van der Waals surface area contributed by atoms with Crippen molar-refractivity contribution in [2.75, 3.05) is 20.5 Å². The summed E-state index contributed by atoms with van der Waals surface area (Å²) in [5, 5.41) is 0. The summed E-state index contributed by atoms with van der Waals surface area (Å²) >= 11 is 1.27. The maximum absolute atomic E-state index is 14.1. The van der Waals surface area contributed by atoms with Crippen molar-refractivity contribution in [2.24, 2.45) is 4.99 Å². The molecule has 0 N–H and O–H groups in total. The van der Waals surface area contributed by atoms with Crippen molar-refractivity contribution in [3.63, 3.8) is 0 Å². The normalized spacial score (nSPS) is 15.2. The van der Waals surface area contributed by atoms with E-state index in [-0.39, 0.29) is 19.0 Å². The maximum Gasteiger partial charge on any atom is 0.338 e. The standard InChI is InChI=1S/C37H30N2O7S/c1-3-43-36(41)32-33(25-7-5-4-6-8-25)38-37-39(34(32)26-12-16-27(42-2)17-13-26)35(40)31(47-37)20-23-9-14-28(15-10-23)44-21-24-11-18-29-30(19-24)46-22-45-29/h4-20,34H,3,21-22H2,1-2H3/b31-20-/t34-/m0/s1. The van der Waals surface area contributed by atoms with E-state index in [9.17, 15) is 9.59 Å². The second-order valence-electron chi connectivity index (χ2n) is 10.7. The van der Waals surface area contributed by atoms with Crippen LogP contribution in [0.3, 0.4) is 0 Å². The zero-order valence-corrected chi connectivity index (χ0v) is 26.5. The summed E-state index contributed by atoms with van der Waals surface area (Å²) in [7, 11) is 1.59. The smallest absolute Gasteiger partial charge is 0.338 e. The number of hydrogen-bond acceptors (Lipinski definition) is 9. The molecule has 1 atom stereocenters. The summed E-state index contributed by atoms with van der Waals surface area (Å²) in [6.45, 7) is 2.53. The third-order valence-electron chi connectivity index (χ3n) is 7.83. The van der Waals surface area contributed by atoms with E-state index < -0.39 is 12.0 Å². The van der Waals surface area contributed by atoms with Gasteiger partial charge in [0.15, 0.2) is 16.3 Å². The Kier molecular flexibility index (Phi) is 8.33. The number of carbonyl (C=O) groups is 1. The van der Waals surface area contributed by atoms with E-state index in [4.69, 9.17) is 28.7 Å². The first kappa shape index (κ1) is 30.1. The number of benzene rings is 4. The Labute approximate surface area is 274 Å². The Morgan fingerprint density at radius 1 is 0.957 bits per heavy atom. The monoisotopic (exact) mass is 646 g/mol. The van der Waals surface area contributed by atoms with E-state index in [0.717, 1.165) is 28.0 Å². The summed E-state index contributed by atoms with van der Waals surface area (Å²) < 4.78 is 29.8. The van der Waals surface area contributed by atoms with E-state index in [1.807, 2.05) is 103 Å². The summed E-state index contributed by atoms with van der Waals surface area (Å²) in [4.78, 5) is 33.1. The molecule has 0 fully saturated rings. The van der Waals surface area contributed by atoms with Crippen LogP contribution in [0.15, 0.2) is 112 Å². The van der Waals surface area contributed by atoms with E-state index in [1.165, 1.54) is 11.3 Å². The molecule has 0 unspecified atom stereocenters. The van der Waals surface area contributed by atoms with Crippen LogP contribution in [0, 0.1) is 0 Å². The van der Waals surface area contributed by atoms with Gasteiger partial charge in [-0.25, -0.2) is 9.79 Å². The average Bonchev–Trinajstić information content (AvgIpc) is 3.71. The molecular weight excluding hydrogens is 616 g/mol. The van der Waals surface area contributed by atoms with Crippen molar-refractivity contribution in [3.05, 3.63) is 145 Å². The molecule has 236 valence electrons. The lowest BCUT2D eigenvalue weighted by molar-refractivity contribution is -0.138. The predicted molar refractivity (Wildman–Crippen MR) is 177 cm³/mol. The zero-order chi connectivity index (χ0) is 32.3. The largest absolute Gasteiger partial charge is 0.497 e. The Balaban J connectivity index is 1.26. The van der Waals surface area contributed by atoms with Gasteiger partial charge in [-0.1, -0.05) is 72.0 Å². The molecule has 0 aliphatic carbocycles. The van der Waals surface area contributed by atoms with E-state index in [0.29, 0.717) is 44.5 Å². The molecular formula is C37H30N2O7S. The van der Waals surface area contributed by atoms with Gasteiger partial charge >= 0.3 is 5.97 Å². The number of rotatable bonds is 9. The first-order chi connectivity index (χ1) is 23.0. The molecule has 7 rings (SSSR count). The van der Waals surface area contributed by atoms with Crippen LogP contribution in [0.4, 0.5) is 0 Å². The fourth-order valence-corrected chi connectivity index (χ4v) is 6.55. The molecule has 2 aliphatic heterocycles. The van der Waals surface area contributed by atoms with E-state index in [2.05, 4.69) is 0 Å². The second kappa shape index (κ2) is 13.0. The predicted octanol–water partition coefficient (Wildman–Crippen LogP) is 5.25. The van der Waals surface area contributed by atoms with E-state index in [1.54, 1.807) is 18.6 Å². The van der Waals surface area contributed by atoms with Crippen molar-refractivity contribution >= 4 is 29.1 Å². The topological polar surface area (TPSA) is 97.6 Å². The SMILES string of the molecule is CCOC(=O)C1=C(c2ccccc2)N=c2s/c(=C\c3ccc(OCc4ccc5c(c4)OCO5)cc3)c(=O)n2[C@H]1c1ccc(OC)cc1. The Morgan fingerprint density at radius 2 is 1.70 bits per heavy atom. The number of fused-ring (bicyclic) bond motifs is 2. The first-order valence-corrected chi connectivity index (χ1v) is 15.9. The molecule has 9 nitrogen and oxygen atoms in total. The Bertz CT molecular complexity index is 2150. The molecule has 5 aromatic rings. The van der Waals surface area contributed by atoms with Gasteiger partial charge in [-0.2, -0.15) is 0 Å². The van der Waals surface area contributed by atoms with Gasteiger partial charge in [0.25, 0.3) is 5.56 Å². The van der Waals surface area contributed by atoms with Gasteiger partial charge in [0, 0.05) is 5.56 Å². The number of hydrogen-bond donors (Lipinski definition) is 0. The van der Waals surface area contributed by atoms with Gasteiger partial charge in [-0.15, -0.1) is 0 Å². The summed E-state index contributed by atoms with van der Waals surface area (Å²) in [6, 6.07) is 29.3. The molecule has 0 amide bonds. The quantitative estimate of drug-likeness (QED) is 0.202. The average molecular weight is 647 g/mol. The molecule has 0 spiro atoms. The summed E-state index contributed by atoms with van der Waals surface area (Å²) in [5.41, 5.74) is 3.78. The summed E-state index contributed by atoms with van der Waals surface area (Å²) in [5.74, 6) is 2.26. The zero-order valence-electron chi connectivity index (χ0n) is 25.7. The van der Waals surface area contributed by atoms with Crippen LogP contribution in [-0.2, 0) is 16.1 Å². The van der Waals surface area contributed by atoms with Gasteiger partial charge in [-0.3, -0.25) is 9.36 Å². The van der Waals surface area contributed by atoms with Crippen molar-refractivity contribution < 1.29 is 28.5 Å². The van der Waals surface area contributed by atoms with Crippen LogP contribution in [0.2, 0.25) is 0 Å². The Morgan fingerprint density at radius 3 is 2.45 bits per heavy atom. The lowest BCUT2D eigenvalue weighted by atomic mass is 9.93. The number of esters is 1. The van der Waals surface area contributed by atoms with Crippen molar-refractivity contribution in [1.82, 2.24) is 4.57 Å². The molecule has 47 heavy (non-hydrogen) atoms. The molecule has 0 saturated carbocycles. The third-order valence-corrected chi connectivity index (χ3v) is 8.81. The second-order valence-corrected chi connectivity index (χ2v) is 11.8. The van der Waals surface area contributed by atoms with Gasteiger partial charge in [0.1, 0.15) is 18.1 Å². The molecule has 0 saturated heterocycles. The van der Waals surface area contributed by atoms with E-state index >= 15 is 0 Å². The Hall–Kier alpha value is -5.61. The number of ether oxygens (including phenoxy) is 5. The van der Waals surface area contributed by atoms with Gasteiger partial charge < -0.3 is 23.7 Å². The van der Waals surface area contributed by atoms with Gasteiger partial charge in [-0.05, 0) is 66.1 Å². The molecule has 2 aliphatic rings. The molecule has 3 heterocycles. The highest BCUT2D eigenvalue weighted by Crippen LogP contribution is 2.36. The van der Waals surface area contributed by atoms with Crippen molar-refractivity contribution in [1.29, 1.82) is 0 Å². The van der Waals surface area contributed by atoms with Crippen LogP contribution in [0.5, 0.6) is 23.0 Å². The van der Waals surface area contributed by atoms with Crippen LogP contribution in [0.1, 0.15) is 35.2 Å². The number of thiazole rings is 1. The minimum atomic E-state index is -0.763. The lowest BCUT2D eigenvalue weighted by Crippen LogP contribution is -2.40. The van der Waals surface area contributed by atoms with Crippen molar-refractivity contribution in [3.8, 4) is 23.0 Å². The lowest BCUT2D eigenvalue weighted by Gasteiger charge is -2.26. The third kappa shape index (κ3) is 6.03. The minimum absolute atomic E-state index is 0.181. The van der Waals surface area contributed by atoms with Gasteiger partial charge in [0.05, 0.1) is 35.6 Å². The number of nitrogens with zero attached hydrogens (tertiary/aromatic N) is 2. The maximum atomic E-state index is 14.1. The number of carbonyl (C=O) groups excluding carboxylic acids is 1. The molecule has 0 bridgehead atoms. The van der Waals surface area contributed by atoms with Crippen molar-refractivity contribution in [2.45, 2.75) is 19.6 Å². The highest BCUT2D eigenvalue weighted by molar-refractivity contribution is 7.07. The highest BCUT2D eigenvalue weighted by atomic mass is 32.1. The number of methoxy groups -OCH3 is 1. The fourth-order valence-electron chi connectivity index (χ4n) is 5.55. The van der Waals surface area contributed by atoms with Crippen LogP contribution < -0.4 is 33.8 Å². The van der Waals surface area contributed by atoms with Gasteiger partial charge in [0.2, 0.25) is 6.79 Å².